The van der Waals surface area contributed by atoms with Crippen LogP contribution in [0.15, 0.2) is 41.1 Å². The first-order chi connectivity index (χ1) is 10.1. The molecule has 0 bridgehead atoms. The van der Waals surface area contributed by atoms with Crippen LogP contribution in [0.25, 0.3) is 0 Å². The zero-order valence-electron chi connectivity index (χ0n) is 12.7. The highest BCUT2D eigenvalue weighted by atomic mass is 79.9. The fraction of sp³-hybridized carbons (Fsp3) is 0.375. The molecule has 4 nitrogen and oxygen atoms in total. The summed E-state index contributed by atoms with van der Waals surface area (Å²) in [5.41, 5.74) is 2.19. The molecule has 1 N–H and O–H groups in total. The van der Waals surface area contributed by atoms with Gasteiger partial charge in [0.15, 0.2) is 0 Å². The van der Waals surface area contributed by atoms with Crippen LogP contribution in [-0.2, 0) is 13.1 Å². The largest absolute Gasteiger partial charge is 0.354 e. The zero-order valence-corrected chi connectivity index (χ0v) is 14.3. The second kappa shape index (κ2) is 7.52. The van der Waals surface area contributed by atoms with Gasteiger partial charge in [-0.2, -0.15) is 0 Å². The van der Waals surface area contributed by atoms with Gasteiger partial charge in [-0.3, -0.25) is 4.98 Å². The average molecular weight is 349 g/mol. The molecule has 0 saturated heterocycles. The van der Waals surface area contributed by atoms with Crippen molar-refractivity contribution in [3.05, 3.63) is 52.4 Å². The van der Waals surface area contributed by atoms with Gasteiger partial charge in [-0.05, 0) is 11.6 Å². The van der Waals surface area contributed by atoms with E-state index < -0.39 is 0 Å². The number of halogens is 1. The van der Waals surface area contributed by atoms with Crippen LogP contribution in [0.5, 0.6) is 0 Å². The summed E-state index contributed by atoms with van der Waals surface area (Å²) in [6.45, 7) is 5.77. The molecule has 0 radical (unpaired) electrons. The maximum absolute atomic E-state index is 4.66. The molecule has 0 aliphatic rings. The lowest BCUT2D eigenvalue weighted by molar-refractivity contribution is 0.580. The number of nitrogens with zero attached hydrogens (tertiary/aromatic N) is 3. The molecule has 1 aromatic heterocycles. The van der Waals surface area contributed by atoms with Gasteiger partial charge in [0.1, 0.15) is 5.82 Å². The summed E-state index contributed by atoms with van der Waals surface area (Å²) in [5.74, 6) is 0.883. The van der Waals surface area contributed by atoms with Crippen molar-refractivity contribution in [1.29, 1.82) is 0 Å². The van der Waals surface area contributed by atoms with E-state index in [1.807, 2.05) is 25.4 Å². The maximum atomic E-state index is 4.66. The molecule has 21 heavy (non-hydrogen) atoms. The van der Waals surface area contributed by atoms with Crippen molar-refractivity contribution in [2.45, 2.75) is 33.0 Å². The van der Waals surface area contributed by atoms with Gasteiger partial charge in [-0.25, -0.2) is 4.98 Å². The molecular weight excluding hydrogens is 328 g/mol. The monoisotopic (exact) mass is 348 g/mol. The third-order valence-corrected chi connectivity index (χ3v) is 3.89. The molecule has 0 amide bonds. The van der Waals surface area contributed by atoms with Crippen LogP contribution in [0.2, 0.25) is 0 Å². The van der Waals surface area contributed by atoms with E-state index in [2.05, 4.69) is 62.1 Å². The Balaban J connectivity index is 2.07. The number of hydrogen-bond donors (Lipinski definition) is 1. The minimum absolute atomic E-state index is 0.438. The van der Waals surface area contributed by atoms with Crippen molar-refractivity contribution < 1.29 is 0 Å². The minimum atomic E-state index is 0.438. The van der Waals surface area contributed by atoms with E-state index in [9.17, 15) is 0 Å². The fourth-order valence-corrected chi connectivity index (χ4v) is 2.35. The highest BCUT2D eigenvalue weighted by Crippen LogP contribution is 2.19. The van der Waals surface area contributed by atoms with E-state index >= 15 is 0 Å². The van der Waals surface area contributed by atoms with Crippen molar-refractivity contribution in [2.75, 3.05) is 11.9 Å². The quantitative estimate of drug-likeness (QED) is 0.868. The molecule has 0 aliphatic carbocycles. The smallest absolute Gasteiger partial charge is 0.147 e. The third kappa shape index (κ3) is 4.79. The Morgan fingerprint density at radius 3 is 2.71 bits per heavy atom. The Hall–Kier alpha value is -1.46. The Kier molecular flexibility index (Phi) is 5.70. The predicted octanol–water partition coefficient (Wildman–Crippen LogP) is 3.37. The highest BCUT2D eigenvalue weighted by Gasteiger charge is 2.07. The van der Waals surface area contributed by atoms with Crippen molar-refractivity contribution in [1.82, 2.24) is 15.3 Å². The van der Waals surface area contributed by atoms with Crippen molar-refractivity contribution in [2.24, 2.45) is 0 Å². The van der Waals surface area contributed by atoms with Crippen LogP contribution in [-0.4, -0.2) is 23.1 Å². The molecule has 0 fully saturated rings. The standard InChI is InChI=1S/C16H21BrN4/c1-12(2)19-9-14-8-18-10-16(20-14)21(3)11-13-6-4-5-7-15(13)17/h4-8,10,12,19H,9,11H2,1-3H3. The van der Waals surface area contributed by atoms with Crippen LogP contribution in [0.3, 0.4) is 0 Å². The molecule has 1 aromatic carbocycles. The van der Waals surface area contributed by atoms with Crippen molar-refractivity contribution in [3.8, 4) is 0 Å². The van der Waals surface area contributed by atoms with E-state index in [0.717, 1.165) is 29.1 Å². The SMILES string of the molecule is CC(C)NCc1cncc(N(C)Cc2ccccc2Br)n1. The molecule has 1 heterocycles. The average Bonchev–Trinajstić information content (AvgIpc) is 2.48. The first-order valence-electron chi connectivity index (χ1n) is 7.05. The summed E-state index contributed by atoms with van der Waals surface area (Å²) in [4.78, 5) is 11.1. The number of hydrogen-bond acceptors (Lipinski definition) is 4. The lowest BCUT2D eigenvalue weighted by Crippen LogP contribution is -2.24. The molecule has 2 rings (SSSR count). The molecule has 0 aliphatic heterocycles. The van der Waals surface area contributed by atoms with Gasteiger partial charge < -0.3 is 10.2 Å². The number of rotatable bonds is 6. The van der Waals surface area contributed by atoms with Gasteiger partial charge in [0, 0.05) is 36.8 Å². The summed E-state index contributed by atoms with van der Waals surface area (Å²) >= 11 is 3.58. The summed E-state index contributed by atoms with van der Waals surface area (Å²) in [6, 6.07) is 8.66. The van der Waals surface area contributed by atoms with E-state index in [1.165, 1.54) is 5.56 Å². The molecule has 0 atom stereocenters. The van der Waals surface area contributed by atoms with Gasteiger partial charge in [-0.15, -0.1) is 0 Å². The summed E-state index contributed by atoms with van der Waals surface area (Å²) in [6.07, 6.45) is 3.61. The van der Waals surface area contributed by atoms with Crippen LogP contribution >= 0.6 is 15.9 Å². The third-order valence-electron chi connectivity index (χ3n) is 3.12. The van der Waals surface area contributed by atoms with Crippen LogP contribution in [0.4, 0.5) is 5.82 Å². The topological polar surface area (TPSA) is 41.1 Å². The Morgan fingerprint density at radius 1 is 1.24 bits per heavy atom. The molecular formula is C16H21BrN4. The molecule has 2 aromatic rings. The maximum Gasteiger partial charge on any atom is 0.147 e. The predicted molar refractivity (Wildman–Crippen MR) is 90.3 cm³/mol. The van der Waals surface area contributed by atoms with Crippen LogP contribution in [0.1, 0.15) is 25.1 Å². The van der Waals surface area contributed by atoms with Gasteiger partial charge in [0.25, 0.3) is 0 Å². The molecule has 0 spiro atoms. The Labute approximate surface area is 134 Å². The second-order valence-electron chi connectivity index (χ2n) is 5.35. The van der Waals surface area contributed by atoms with Crippen molar-refractivity contribution in [3.63, 3.8) is 0 Å². The van der Waals surface area contributed by atoms with Gasteiger partial charge in [0.05, 0.1) is 11.9 Å². The minimum Gasteiger partial charge on any atom is -0.354 e. The Morgan fingerprint density at radius 2 is 2.00 bits per heavy atom. The fourth-order valence-electron chi connectivity index (χ4n) is 1.94. The molecule has 5 heteroatoms. The molecule has 0 saturated carbocycles. The first kappa shape index (κ1) is 15.9. The first-order valence-corrected chi connectivity index (χ1v) is 7.84. The molecule has 0 unspecified atom stereocenters. The lowest BCUT2D eigenvalue weighted by Gasteiger charge is -2.19. The summed E-state index contributed by atoms with van der Waals surface area (Å²) in [5, 5.41) is 3.36. The van der Waals surface area contributed by atoms with Gasteiger partial charge in [-0.1, -0.05) is 48.0 Å². The number of benzene rings is 1. The van der Waals surface area contributed by atoms with Gasteiger partial charge in [0.2, 0.25) is 0 Å². The summed E-state index contributed by atoms with van der Waals surface area (Å²) in [7, 11) is 2.03. The second-order valence-corrected chi connectivity index (χ2v) is 6.21. The van der Waals surface area contributed by atoms with E-state index in [-0.39, 0.29) is 0 Å². The lowest BCUT2D eigenvalue weighted by atomic mass is 10.2. The Bertz CT molecular complexity index is 586. The zero-order chi connectivity index (χ0) is 15.2. The highest BCUT2D eigenvalue weighted by molar-refractivity contribution is 9.10. The number of aromatic nitrogens is 2. The number of anilines is 1. The summed E-state index contributed by atoms with van der Waals surface area (Å²) < 4.78 is 1.11. The van der Waals surface area contributed by atoms with E-state index in [1.54, 1.807) is 6.20 Å². The van der Waals surface area contributed by atoms with Crippen LogP contribution in [0, 0.1) is 0 Å². The molecule has 112 valence electrons. The van der Waals surface area contributed by atoms with E-state index in [0.29, 0.717) is 6.04 Å². The van der Waals surface area contributed by atoms with Crippen molar-refractivity contribution >= 4 is 21.7 Å². The van der Waals surface area contributed by atoms with Gasteiger partial charge >= 0.3 is 0 Å². The van der Waals surface area contributed by atoms with E-state index in [4.69, 9.17) is 0 Å². The number of nitrogens with one attached hydrogen (secondary N) is 1. The van der Waals surface area contributed by atoms with Crippen LogP contribution < -0.4 is 10.2 Å². The normalized spacial score (nSPS) is 10.9.